The first-order chi connectivity index (χ1) is 10.0. The second kappa shape index (κ2) is 6.17. The molecule has 21 heavy (non-hydrogen) atoms. The molecule has 0 spiro atoms. The van der Waals surface area contributed by atoms with Crippen LogP contribution in [0.1, 0.15) is 25.3 Å². The molecule has 7 nitrogen and oxygen atoms in total. The molecule has 1 N–H and O–H groups in total. The third kappa shape index (κ3) is 3.25. The van der Waals surface area contributed by atoms with Crippen LogP contribution in [0.2, 0.25) is 0 Å². The summed E-state index contributed by atoms with van der Waals surface area (Å²) in [7, 11) is 0. The number of non-ortho nitro benzene ring substituents is 1. The maximum atomic E-state index is 11.8. The largest absolute Gasteiger partial charge is 0.493 e. The Morgan fingerprint density at radius 3 is 2.52 bits per heavy atom. The lowest BCUT2D eigenvalue weighted by molar-refractivity contribution is -0.384. The van der Waals surface area contributed by atoms with E-state index in [0.29, 0.717) is 12.0 Å². The predicted molar refractivity (Wildman–Crippen MR) is 75.1 cm³/mol. The Morgan fingerprint density at radius 2 is 2.00 bits per heavy atom. The van der Waals surface area contributed by atoms with Gasteiger partial charge in [0.15, 0.2) is 0 Å². The van der Waals surface area contributed by atoms with Crippen molar-refractivity contribution in [1.29, 1.82) is 0 Å². The van der Waals surface area contributed by atoms with Crippen LogP contribution in [0.5, 0.6) is 5.88 Å². The quantitative estimate of drug-likeness (QED) is 0.670. The van der Waals surface area contributed by atoms with E-state index < -0.39 is 10.5 Å². The van der Waals surface area contributed by atoms with E-state index in [1.54, 1.807) is 0 Å². The van der Waals surface area contributed by atoms with Gasteiger partial charge in [-0.05, 0) is 25.0 Å². The average Bonchev–Trinajstić information content (AvgIpc) is 2.46. The zero-order valence-electron chi connectivity index (χ0n) is 11.4. The van der Waals surface area contributed by atoms with Crippen LogP contribution < -0.4 is 5.63 Å². The monoisotopic (exact) mass is 290 g/mol. The van der Waals surface area contributed by atoms with Gasteiger partial charge in [0.05, 0.1) is 10.5 Å². The standard InChI is InChI=1S/C14H14N2O5/c1-2-3-4-11-12(17)15-13(21-14(11)18)9-5-7-10(8-6-9)16(19)20/h5-8,17H,2-4H2,1H3. The maximum Gasteiger partial charge on any atom is 0.346 e. The summed E-state index contributed by atoms with van der Waals surface area (Å²) in [5.74, 6) is -0.416. The molecule has 0 aliphatic carbocycles. The molecule has 0 bridgehead atoms. The number of unbranched alkanes of at least 4 members (excludes halogenated alkanes) is 1. The number of hydrogen-bond donors (Lipinski definition) is 1. The van der Waals surface area contributed by atoms with E-state index in [0.717, 1.165) is 12.8 Å². The van der Waals surface area contributed by atoms with Crippen molar-refractivity contribution in [2.45, 2.75) is 26.2 Å². The van der Waals surface area contributed by atoms with Gasteiger partial charge in [0.25, 0.3) is 5.69 Å². The van der Waals surface area contributed by atoms with Crippen molar-refractivity contribution in [3.63, 3.8) is 0 Å². The third-order valence-corrected chi connectivity index (χ3v) is 3.02. The minimum atomic E-state index is -0.635. The Balaban J connectivity index is 2.37. The Kier molecular flexibility index (Phi) is 4.32. The van der Waals surface area contributed by atoms with Gasteiger partial charge in [-0.25, -0.2) is 4.79 Å². The second-order valence-electron chi connectivity index (χ2n) is 4.52. The minimum absolute atomic E-state index is 0.0624. The molecule has 0 saturated heterocycles. The van der Waals surface area contributed by atoms with Gasteiger partial charge in [0, 0.05) is 17.7 Å². The molecule has 1 aromatic carbocycles. The first-order valence-corrected chi connectivity index (χ1v) is 6.50. The summed E-state index contributed by atoms with van der Waals surface area (Å²) >= 11 is 0. The first kappa shape index (κ1) is 14.7. The number of aromatic hydroxyl groups is 1. The van der Waals surface area contributed by atoms with E-state index in [2.05, 4.69) is 4.98 Å². The maximum absolute atomic E-state index is 11.8. The lowest BCUT2D eigenvalue weighted by Crippen LogP contribution is -2.10. The topological polar surface area (TPSA) is 106 Å². The molecule has 0 saturated carbocycles. The molecule has 0 radical (unpaired) electrons. The van der Waals surface area contributed by atoms with Crippen molar-refractivity contribution in [3.8, 4) is 17.3 Å². The van der Waals surface area contributed by atoms with Crippen LogP contribution in [0.15, 0.2) is 33.5 Å². The van der Waals surface area contributed by atoms with Crippen LogP contribution in [0.3, 0.4) is 0 Å². The molecule has 0 amide bonds. The van der Waals surface area contributed by atoms with Gasteiger partial charge in [-0.15, -0.1) is 0 Å². The van der Waals surface area contributed by atoms with Gasteiger partial charge in [-0.1, -0.05) is 13.3 Å². The van der Waals surface area contributed by atoms with E-state index in [1.165, 1.54) is 24.3 Å². The molecule has 2 rings (SSSR count). The highest BCUT2D eigenvalue weighted by atomic mass is 16.6. The van der Waals surface area contributed by atoms with Crippen LogP contribution in [0, 0.1) is 10.1 Å². The molecule has 2 aromatic rings. The lowest BCUT2D eigenvalue weighted by Gasteiger charge is -2.04. The van der Waals surface area contributed by atoms with Gasteiger partial charge < -0.3 is 9.52 Å². The van der Waals surface area contributed by atoms with Crippen molar-refractivity contribution in [2.75, 3.05) is 0 Å². The van der Waals surface area contributed by atoms with Crippen molar-refractivity contribution in [2.24, 2.45) is 0 Å². The summed E-state index contributed by atoms with van der Waals surface area (Å²) in [6.45, 7) is 1.97. The van der Waals surface area contributed by atoms with Gasteiger partial charge in [0.1, 0.15) is 0 Å². The SMILES string of the molecule is CCCCc1c(O)nc(-c2ccc([N+](=O)[O-])cc2)oc1=O. The molecule has 110 valence electrons. The minimum Gasteiger partial charge on any atom is -0.493 e. The smallest absolute Gasteiger partial charge is 0.346 e. The van der Waals surface area contributed by atoms with Crippen LogP contribution >= 0.6 is 0 Å². The normalized spacial score (nSPS) is 10.5. The van der Waals surface area contributed by atoms with Gasteiger partial charge in [0.2, 0.25) is 11.8 Å². The van der Waals surface area contributed by atoms with E-state index >= 15 is 0 Å². The number of benzene rings is 1. The molecular formula is C14H14N2O5. The average molecular weight is 290 g/mol. The number of nitro groups is 1. The van der Waals surface area contributed by atoms with E-state index in [1.807, 2.05) is 6.92 Å². The van der Waals surface area contributed by atoms with Gasteiger partial charge >= 0.3 is 5.63 Å². The predicted octanol–water partition coefficient (Wildman–Crippen LogP) is 2.66. The molecular weight excluding hydrogens is 276 g/mol. The molecule has 7 heteroatoms. The Morgan fingerprint density at radius 1 is 1.33 bits per heavy atom. The molecule has 1 heterocycles. The van der Waals surface area contributed by atoms with Crippen LogP contribution in [-0.2, 0) is 6.42 Å². The number of nitro benzene ring substituents is 1. The summed E-state index contributed by atoms with van der Waals surface area (Å²) in [5.41, 5.74) is -0.174. The number of nitrogens with zero attached hydrogens (tertiary/aromatic N) is 2. The summed E-state index contributed by atoms with van der Waals surface area (Å²) in [6, 6.07) is 5.38. The highest BCUT2D eigenvalue weighted by molar-refractivity contribution is 5.56. The van der Waals surface area contributed by atoms with Crippen molar-refractivity contribution >= 4 is 5.69 Å². The summed E-state index contributed by atoms with van der Waals surface area (Å²) in [4.78, 5) is 25.7. The van der Waals surface area contributed by atoms with Crippen LogP contribution in [0.25, 0.3) is 11.5 Å². The van der Waals surface area contributed by atoms with Gasteiger partial charge in [-0.3, -0.25) is 10.1 Å². The molecule has 0 unspecified atom stereocenters. The van der Waals surface area contributed by atoms with Gasteiger partial charge in [-0.2, -0.15) is 4.98 Å². The summed E-state index contributed by atoms with van der Waals surface area (Å²) < 4.78 is 5.08. The molecule has 0 fully saturated rings. The Hall–Kier alpha value is -2.70. The fourth-order valence-electron chi connectivity index (χ4n) is 1.84. The van der Waals surface area contributed by atoms with E-state index in [-0.39, 0.29) is 23.0 Å². The first-order valence-electron chi connectivity index (χ1n) is 6.50. The highest BCUT2D eigenvalue weighted by Crippen LogP contribution is 2.23. The van der Waals surface area contributed by atoms with Crippen LogP contribution in [-0.4, -0.2) is 15.0 Å². The van der Waals surface area contributed by atoms with E-state index in [4.69, 9.17) is 4.42 Å². The zero-order chi connectivity index (χ0) is 15.4. The molecule has 1 aromatic heterocycles. The van der Waals surface area contributed by atoms with E-state index in [9.17, 15) is 20.0 Å². The fraction of sp³-hybridized carbons (Fsp3) is 0.286. The zero-order valence-corrected chi connectivity index (χ0v) is 11.4. The summed E-state index contributed by atoms with van der Waals surface area (Å²) in [5, 5.41) is 20.4. The third-order valence-electron chi connectivity index (χ3n) is 3.02. The molecule has 0 aliphatic heterocycles. The Bertz CT molecular complexity index is 706. The van der Waals surface area contributed by atoms with Crippen molar-refractivity contribution < 1.29 is 14.4 Å². The molecule has 0 aliphatic rings. The summed E-state index contributed by atoms with van der Waals surface area (Å²) in [6.07, 6.45) is 2.03. The van der Waals surface area contributed by atoms with Crippen molar-refractivity contribution in [1.82, 2.24) is 4.98 Å². The fourth-order valence-corrected chi connectivity index (χ4v) is 1.84. The highest BCUT2D eigenvalue weighted by Gasteiger charge is 2.14. The van der Waals surface area contributed by atoms with Crippen LogP contribution in [0.4, 0.5) is 5.69 Å². The number of rotatable bonds is 5. The number of aromatic nitrogens is 1. The Labute approximate surface area is 120 Å². The molecule has 0 atom stereocenters. The lowest BCUT2D eigenvalue weighted by atomic mass is 10.1. The van der Waals surface area contributed by atoms with Crippen molar-refractivity contribution in [3.05, 3.63) is 50.4 Å². The number of hydrogen-bond acceptors (Lipinski definition) is 6. The second-order valence-corrected chi connectivity index (χ2v) is 4.52.